The van der Waals surface area contributed by atoms with Gasteiger partial charge in [-0.15, -0.1) is 0 Å². The van der Waals surface area contributed by atoms with Gasteiger partial charge in [0.05, 0.1) is 5.92 Å². The Morgan fingerprint density at radius 2 is 1.70 bits per heavy atom. The first kappa shape index (κ1) is 21.8. The van der Waals surface area contributed by atoms with Gasteiger partial charge in [-0.2, -0.15) is 0 Å². The number of aryl methyl sites for hydroxylation is 4. The van der Waals surface area contributed by atoms with Crippen molar-refractivity contribution < 1.29 is 19.1 Å². The van der Waals surface area contributed by atoms with E-state index < -0.39 is 11.9 Å². The van der Waals surface area contributed by atoms with E-state index in [2.05, 4.69) is 13.8 Å². The number of ether oxygens (including phenoxy) is 1. The van der Waals surface area contributed by atoms with Crippen molar-refractivity contribution >= 4 is 23.3 Å². The molecule has 2 aromatic rings. The molecule has 1 aliphatic heterocycles. The highest BCUT2D eigenvalue weighted by atomic mass is 16.5. The zero-order valence-corrected chi connectivity index (χ0v) is 18.2. The van der Waals surface area contributed by atoms with Gasteiger partial charge in [0.2, 0.25) is 5.91 Å². The number of carbonyl (C=O) groups excluding carboxylic acids is 3. The zero-order chi connectivity index (χ0) is 21.8. The van der Waals surface area contributed by atoms with Crippen molar-refractivity contribution in [3.8, 4) is 0 Å². The summed E-state index contributed by atoms with van der Waals surface area (Å²) in [5.41, 5.74) is 5.77. The predicted molar refractivity (Wildman–Crippen MR) is 117 cm³/mol. The van der Waals surface area contributed by atoms with Crippen LogP contribution < -0.4 is 4.90 Å². The zero-order valence-electron chi connectivity index (χ0n) is 18.2. The largest absolute Gasteiger partial charge is 0.457 e. The minimum atomic E-state index is -0.556. The Balaban J connectivity index is 1.67. The van der Waals surface area contributed by atoms with Crippen LogP contribution in [0.2, 0.25) is 0 Å². The number of ketones is 1. The van der Waals surface area contributed by atoms with Gasteiger partial charge >= 0.3 is 5.97 Å². The Kier molecular flexibility index (Phi) is 6.70. The molecule has 0 saturated carbocycles. The van der Waals surface area contributed by atoms with E-state index in [-0.39, 0.29) is 24.7 Å². The van der Waals surface area contributed by atoms with Gasteiger partial charge in [-0.25, -0.2) is 0 Å². The molecule has 2 aromatic carbocycles. The lowest BCUT2D eigenvalue weighted by Gasteiger charge is -2.23. The van der Waals surface area contributed by atoms with E-state index >= 15 is 0 Å². The summed E-state index contributed by atoms with van der Waals surface area (Å²) in [6.07, 6.45) is 1.73. The number of hydrogen-bond donors (Lipinski definition) is 0. The van der Waals surface area contributed by atoms with Crippen LogP contribution in [0.5, 0.6) is 0 Å². The van der Waals surface area contributed by atoms with Crippen molar-refractivity contribution in [2.45, 2.75) is 47.0 Å². The van der Waals surface area contributed by atoms with Crippen molar-refractivity contribution in [2.24, 2.45) is 5.92 Å². The average Bonchev–Trinajstić information content (AvgIpc) is 3.14. The highest BCUT2D eigenvalue weighted by molar-refractivity contribution is 6.01. The Labute approximate surface area is 178 Å². The Morgan fingerprint density at radius 1 is 1.03 bits per heavy atom. The molecule has 0 aliphatic carbocycles. The van der Waals surface area contributed by atoms with Gasteiger partial charge in [-0.1, -0.05) is 44.2 Å². The summed E-state index contributed by atoms with van der Waals surface area (Å²) in [5, 5.41) is 0. The van der Waals surface area contributed by atoms with Gasteiger partial charge in [0.15, 0.2) is 12.4 Å². The summed E-state index contributed by atoms with van der Waals surface area (Å²) in [7, 11) is 0. The Bertz CT molecular complexity index is 957. The summed E-state index contributed by atoms with van der Waals surface area (Å²) >= 11 is 0. The number of esters is 1. The highest BCUT2D eigenvalue weighted by Gasteiger charge is 2.37. The van der Waals surface area contributed by atoms with Crippen LogP contribution in [0.4, 0.5) is 5.69 Å². The number of benzene rings is 2. The third kappa shape index (κ3) is 4.45. The van der Waals surface area contributed by atoms with Crippen molar-refractivity contribution in [1.29, 1.82) is 0 Å². The number of hydrogen-bond acceptors (Lipinski definition) is 4. The number of Topliss-reactive ketones (excluding diaryl/α,β-unsaturated/α-hetero) is 1. The summed E-state index contributed by atoms with van der Waals surface area (Å²) < 4.78 is 5.29. The Hall–Kier alpha value is -2.95. The smallest absolute Gasteiger partial charge is 0.311 e. The molecule has 1 atom stereocenters. The lowest BCUT2D eigenvalue weighted by Crippen LogP contribution is -2.29. The molecule has 0 unspecified atom stereocenters. The summed E-state index contributed by atoms with van der Waals surface area (Å²) in [4.78, 5) is 39.4. The fraction of sp³-hybridized carbons (Fsp3) is 0.400. The van der Waals surface area contributed by atoms with Crippen LogP contribution >= 0.6 is 0 Å². The fourth-order valence-corrected chi connectivity index (χ4v) is 3.90. The van der Waals surface area contributed by atoms with E-state index in [9.17, 15) is 14.4 Å². The maximum atomic E-state index is 12.7. The molecule has 1 fully saturated rings. The second-order valence-corrected chi connectivity index (χ2v) is 7.87. The molecule has 5 heteroatoms. The van der Waals surface area contributed by atoms with E-state index in [1.54, 1.807) is 17.0 Å². The lowest BCUT2D eigenvalue weighted by molar-refractivity contribution is -0.147. The van der Waals surface area contributed by atoms with Gasteiger partial charge in [0, 0.05) is 24.2 Å². The molecule has 0 spiro atoms. The first-order valence-corrected chi connectivity index (χ1v) is 10.5. The van der Waals surface area contributed by atoms with E-state index in [4.69, 9.17) is 4.74 Å². The van der Waals surface area contributed by atoms with Gasteiger partial charge in [0.1, 0.15) is 0 Å². The first-order valence-electron chi connectivity index (χ1n) is 10.5. The van der Waals surface area contributed by atoms with Crippen molar-refractivity contribution in [2.75, 3.05) is 18.1 Å². The Morgan fingerprint density at radius 3 is 2.30 bits per heavy atom. The van der Waals surface area contributed by atoms with Crippen LogP contribution in [0.3, 0.4) is 0 Å². The van der Waals surface area contributed by atoms with Crippen LogP contribution in [0.1, 0.15) is 52.9 Å². The number of amides is 1. The SMILES string of the molecule is CCc1cccc(CC)c1N1C[C@@H](C(=O)OCC(=O)c2ccc(C)c(C)c2)CC1=O. The van der Waals surface area contributed by atoms with Crippen LogP contribution in [0, 0.1) is 19.8 Å². The molecule has 1 heterocycles. The topological polar surface area (TPSA) is 63.7 Å². The molecule has 158 valence electrons. The molecule has 0 N–H and O–H groups in total. The van der Waals surface area contributed by atoms with E-state index in [1.165, 1.54) is 0 Å². The van der Waals surface area contributed by atoms with Gasteiger partial charge < -0.3 is 9.64 Å². The molecule has 1 aliphatic rings. The van der Waals surface area contributed by atoms with Crippen LogP contribution in [-0.4, -0.2) is 30.8 Å². The van der Waals surface area contributed by atoms with E-state index in [1.807, 2.05) is 38.1 Å². The minimum absolute atomic E-state index is 0.0759. The number of nitrogens with zero attached hydrogens (tertiary/aromatic N) is 1. The molecule has 0 radical (unpaired) electrons. The quantitative estimate of drug-likeness (QED) is 0.510. The molecular weight excluding hydrogens is 378 g/mol. The maximum absolute atomic E-state index is 12.7. The summed E-state index contributed by atoms with van der Waals surface area (Å²) in [5.74, 6) is -1.36. The molecule has 1 saturated heterocycles. The minimum Gasteiger partial charge on any atom is -0.457 e. The van der Waals surface area contributed by atoms with Crippen LogP contribution in [0.15, 0.2) is 36.4 Å². The number of para-hydroxylation sites is 1. The summed E-state index contributed by atoms with van der Waals surface area (Å²) in [6.45, 7) is 8.02. The average molecular weight is 408 g/mol. The van der Waals surface area contributed by atoms with Crippen LogP contribution in [0.25, 0.3) is 0 Å². The van der Waals surface area contributed by atoms with Crippen LogP contribution in [-0.2, 0) is 27.2 Å². The second-order valence-electron chi connectivity index (χ2n) is 7.87. The third-order valence-electron chi connectivity index (χ3n) is 5.87. The molecule has 3 rings (SSSR count). The first-order chi connectivity index (χ1) is 14.3. The molecule has 5 nitrogen and oxygen atoms in total. The van der Waals surface area contributed by atoms with E-state index in [0.717, 1.165) is 40.8 Å². The van der Waals surface area contributed by atoms with Gasteiger partial charge in [-0.05, 0) is 55.0 Å². The number of rotatable bonds is 7. The number of anilines is 1. The lowest BCUT2D eigenvalue weighted by atomic mass is 10.0. The predicted octanol–water partition coefficient (Wildman–Crippen LogP) is 4.21. The molecular formula is C25H29NO4. The fourth-order valence-electron chi connectivity index (χ4n) is 3.90. The highest BCUT2D eigenvalue weighted by Crippen LogP contribution is 2.32. The van der Waals surface area contributed by atoms with Crippen molar-refractivity contribution in [3.63, 3.8) is 0 Å². The monoisotopic (exact) mass is 407 g/mol. The van der Waals surface area contributed by atoms with Gasteiger partial charge in [-0.3, -0.25) is 14.4 Å². The third-order valence-corrected chi connectivity index (χ3v) is 5.87. The normalized spacial score (nSPS) is 16.1. The number of carbonyl (C=O) groups is 3. The van der Waals surface area contributed by atoms with Crippen molar-refractivity contribution in [3.05, 3.63) is 64.2 Å². The molecule has 0 bridgehead atoms. The van der Waals surface area contributed by atoms with Crippen molar-refractivity contribution in [1.82, 2.24) is 0 Å². The molecule has 30 heavy (non-hydrogen) atoms. The molecule has 0 aromatic heterocycles. The van der Waals surface area contributed by atoms with E-state index in [0.29, 0.717) is 12.1 Å². The maximum Gasteiger partial charge on any atom is 0.311 e. The summed E-state index contributed by atoms with van der Waals surface area (Å²) in [6, 6.07) is 11.5. The van der Waals surface area contributed by atoms with Gasteiger partial charge in [0.25, 0.3) is 0 Å². The standard InChI is InChI=1S/C25H29NO4/c1-5-18-8-7-9-19(6-2)24(18)26-14-21(13-23(26)28)25(29)30-15-22(27)20-11-10-16(3)17(4)12-20/h7-12,21H,5-6,13-15H2,1-4H3/t21-/m0/s1. The second kappa shape index (κ2) is 9.24. The molecule has 1 amide bonds.